The minimum atomic E-state index is -0.455. The summed E-state index contributed by atoms with van der Waals surface area (Å²) in [5, 5.41) is 0. The number of rotatable bonds is 3. The molecule has 0 saturated carbocycles. The maximum absolute atomic E-state index is 5.95. The molecule has 0 aliphatic carbocycles. The number of ether oxygens (including phenoxy) is 1. The number of nitrogens with zero attached hydrogens (tertiary/aromatic N) is 1. The molecule has 2 rings (SSSR count). The number of hydrogen-bond donors (Lipinski definition) is 1. The highest BCUT2D eigenvalue weighted by Crippen LogP contribution is 2.30. The summed E-state index contributed by atoms with van der Waals surface area (Å²) in [6.07, 6.45) is 3.55. The van der Waals surface area contributed by atoms with Crippen LogP contribution in [0.5, 0.6) is 5.75 Å². The van der Waals surface area contributed by atoms with E-state index in [1.54, 1.807) is 12.4 Å². The lowest BCUT2D eigenvalue weighted by atomic mass is 10.00. The van der Waals surface area contributed by atoms with Crippen molar-refractivity contribution in [2.75, 3.05) is 5.73 Å². The highest BCUT2D eigenvalue weighted by atomic mass is 16.5. The number of hydrogen-bond acceptors (Lipinski definition) is 3. The molecule has 2 N–H and O–H groups in total. The molecule has 1 aromatic carbocycles. The molecule has 88 valence electrons. The van der Waals surface area contributed by atoms with Gasteiger partial charge in [0.1, 0.15) is 11.4 Å². The Morgan fingerprint density at radius 1 is 1.12 bits per heavy atom. The van der Waals surface area contributed by atoms with E-state index in [1.807, 2.05) is 50.2 Å². The fraction of sp³-hybridized carbons (Fsp3) is 0.214. The summed E-state index contributed by atoms with van der Waals surface area (Å²) < 4.78 is 5.95. The molecular formula is C14H16N2O. The molecule has 2 aromatic rings. The van der Waals surface area contributed by atoms with Crippen LogP contribution >= 0.6 is 0 Å². The molecule has 1 aromatic heterocycles. The maximum Gasteiger partial charge on any atom is 0.143 e. The lowest BCUT2D eigenvalue weighted by Crippen LogP contribution is -2.25. The van der Waals surface area contributed by atoms with Gasteiger partial charge in [0.15, 0.2) is 0 Å². The highest BCUT2D eigenvalue weighted by molar-refractivity contribution is 5.52. The normalized spacial score (nSPS) is 11.2. The molecule has 0 aliphatic heterocycles. The summed E-state index contributed by atoms with van der Waals surface area (Å²) in [4.78, 5) is 4.10. The van der Waals surface area contributed by atoms with Gasteiger partial charge in [-0.25, -0.2) is 0 Å². The fourth-order valence-electron chi connectivity index (χ4n) is 1.63. The van der Waals surface area contributed by atoms with E-state index in [9.17, 15) is 0 Å². The van der Waals surface area contributed by atoms with Crippen LogP contribution in [0.25, 0.3) is 0 Å². The first-order valence-corrected chi connectivity index (χ1v) is 5.53. The van der Waals surface area contributed by atoms with Crippen molar-refractivity contribution in [3.63, 3.8) is 0 Å². The van der Waals surface area contributed by atoms with E-state index in [0.29, 0.717) is 11.4 Å². The number of nitrogens with two attached hydrogens (primary N) is 1. The zero-order valence-corrected chi connectivity index (χ0v) is 10.1. The van der Waals surface area contributed by atoms with Gasteiger partial charge in [-0.3, -0.25) is 4.98 Å². The average Bonchev–Trinajstić information content (AvgIpc) is 2.33. The molecule has 0 spiro atoms. The molecule has 0 atom stereocenters. The molecule has 1 heterocycles. The molecule has 3 heteroatoms. The van der Waals surface area contributed by atoms with Gasteiger partial charge in [-0.15, -0.1) is 0 Å². The van der Waals surface area contributed by atoms with E-state index >= 15 is 0 Å². The topological polar surface area (TPSA) is 48.1 Å². The third kappa shape index (κ3) is 2.56. The summed E-state index contributed by atoms with van der Waals surface area (Å²) in [6.45, 7) is 3.99. The molecule has 0 unspecified atom stereocenters. The molecule has 17 heavy (non-hydrogen) atoms. The molecule has 0 aliphatic rings. The Kier molecular flexibility index (Phi) is 3.00. The van der Waals surface area contributed by atoms with Gasteiger partial charge in [-0.05, 0) is 32.0 Å². The van der Waals surface area contributed by atoms with Crippen molar-refractivity contribution in [2.45, 2.75) is 19.4 Å². The molecule has 3 nitrogen and oxygen atoms in total. The second-order valence-electron chi connectivity index (χ2n) is 4.39. The van der Waals surface area contributed by atoms with Crippen molar-refractivity contribution >= 4 is 5.69 Å². The van der Waals surface area contributed by atoms with Crippen molar-refractivity contribution in [1.29, 1.82) is 0 Å². The van der Waals surface area contributed by atoms with Crippen LogP contribution in [0.1, 0.15) is 19.4 Å². The monoisotopic (exact) mass is 228 g/mol. The summed E-state index contributed by atoms with van der Waals surface area (Å²) in [7, 11) is 0. The van der Waals surface area contributed by atoms with E-state index in [-0.39, 0.29) is 0 Å². The zero-order valence-electron chi connectivity index (χ0n) is 10.1. The number of pyridine rings is 1. The number of aromatic nitrogens is 1. The Bertz CT molecular complexity index is 495. The van der Waals surface area contributed by atoms with Crippen molar-refractivity contribution in [3.8, 4) is 5.75 Å². The molecule has 0 amide bonds. The Labute approximate surface area is 101 Å². The van der Waals surface area contributed by atoms with E-state index in [4.69, 9.17) is 10.5 Å². The molecule has 0 fully saturated rings. The highest BCUT2D eigenvalue weighted by Gasteiger charge is 2.23. The Morgan fingerprint density at radius 2 is 1.88 bits per heavy atom. The van der Waals surface area contributed by atoms with E-state index in [1.165, 1.54) is 0 Å². The van der Waals surface area contributed by atoms with E-state index in [0.717, 1.165) is 5.56 Å². The number of para-hydroxylation sites is 2. The standard InChI is InChI=1S/C14H16N2O/c1-14(2,11-6-5-9-16-10-11)17-13-8-4-3-7-12(13)15/h3-10H,15H2,1-2H3. The summed E-state index contributed by atoms with van der Waals surface area (Å²) in [5.41, 5.74) is 7.07. The van der Waals surface area contributed by atoms with Crippen LogP contribution in [0.15, 0.2) is 48.8 Å². The fourth-order valence-corrected chi connectivity index (χ4v) is 1.63. The van der Waals surface area contributed by atoms with Gasteiger partial charge in [0.05, 0.1) is 5.69 Å². The van der Waals surface area contributed by atoms with Crippen molar-refractivity contribution in [3.05, 3.63) is 54.4 Å². The van der Waals surface area contributed by atoms with E-state index < -0.39 is 5.60 Å². The Morgan fingerprint density at radius 3 is 2.53 bits per heavy atom. The van der Waals surface area contributed by atoms with Crippen LogP contribution in [0.2, 0.25) is 0 Å². The average molecular weight is 228 g/mol. The lowest BCUT2D eigenvalue weighted by Gasteiger charge is -2.27. The van der Waals surface area contributed by atoms with Gasteiger partial charge >= 0.3 is 0 Å². The second-order valence-corrected chi connectivity index (χ2v) is 4.39. The Hall–Kier alpha value is -2.03. The Balaban J connectivity index is 2.27. The van der Waals surface area contributed by atoms with E-state index in [2.05, 4.69) is 4.98 Å². The van der Waals surface area contributed by atoms with Crippen LogP contribution in [-0.2, 0) is 5.60 Å². The molecule has 0 saturated heterocycles. The predicted molar refractivity (Wildman–Crippen MR) is 68.7 cm³/mol. The largest absolute Gasteiger partial charge is 0.481 e. The van der Waals surface area contributed by atoms with Crippen LogP contribution in [0.4, 0.5) is 5.69 Å². The molecule has 0 radical (unpaired) electrons. The van der Waals surface area contributed by atoms with Gasteiger partial charge in [-0.2, -0.15) is 0 Å². The molecular weight excluding hydrogens is 212 g/mol. The minimum absolute atomic E-state index is 0.455. The summed E-state index contributed by atoms with van der Waals surface area (Å²) >= 11 is 0. The zero-order chi connectivity index (χ0) is 12.3. The SMILES string of the molecule is CC(C)(Oc1ccccc1N)c1cccnc1. The number of nitrogen functional groups attached to an aromatic ring is 1. The summed E-state index contributed by atoms with van der Waals surface area (Å²) in [5.74, 6) is 0.696. The van der Waals surface area contributed by atoms with Gasteiger partial charge < -0.3 is 10.5 Å². The van der Waals surface area contributed by atoms with Gasteiger partial charge in [0.2, 0.25) is 0 Å². The quantitative estimate of drug-likeness (QED) is 0.821. The lowest BCUT2D eigenvalue weighted by molar-refractivity contribution is 0.109. The van der Waals surface area contributed by atoms with Crippen LogP contribution in [-0.4, -0.2) is 4.98 Å². The third-order valence-electron chi connectivity index (χ3n) is 2.64. The number of anilines is 1. The first-order valence-electron chi connectivity index (χ1n) is 5.53. The van der Waals surface area contributed by atoms with Crippen LogP contribution in [0, 0.1) is 0 Å². The smallest absolute Gasteiger partial charge is 0.143 e. The van der Waals surface area contributed by atoms with Crippen molar-refractivity contribution in [2.24, 2.45) is 0 Å². The van der Waals surface area contributed by atoms with Gasteiger partial charge in [0, 0.05) is 18.0 Å². The second kappa shape index (κ2) is 4.45. The maximum atomic E-state index is 5.95. The van der Waals surface area contributed by atoms with Crippen LogP contribution < -0.4 is 10.5 Å². The minimum Gasteiger partial charge on any atom is -0.481 e. The van der Waals surface area contributed by atoms with Gasteiger partial charge in [0.25, 0.3) is 0 Å². The van der Waals surface area contributed by atoms with Crippen molar-refractivity contribution in [1.82, 2.24) is 4.98 Å². The summed E-state index contributed by atoms with van der Waals surface area (Å²) in [6, 6.07) is 11.4. The predicted octanol–water partition coefficient (Wildman–Crippen LogP) is 2.98. The van der Waals surface area contributed by atoms with Gasteiger partial charge in [-0.1, -0.05) is 18.2 Å². The van der Waals surface area contributed by atoms with Crippen molar-refractivity contribution < 1.29 is 4.74 Å². The third-order valence-corrected chi connectivity index (χ3v) is 2.64. The number of benzene rings is 1. The molecule has 0 bridgehead atoms. The van der Waals surface area contributed by atoms with Crippen LogP contribution in [0.3, 0.4) is 0 Å². The first-order chi connectivity index (χ1) is 8.09. The first kappa shape index (κ1) is 11.5.